The van der Waals surface area contributed by atoms with E-state index < -0.39 is 0 Å². The van der Waals surface area contributed by atoms with Crippen LogP contribution in [0.15, 0.2) is 24.3 Å². The van der Waals surface area contributed by atoms with Crippen LogP contribution in [0.25, 0.3) is 0 Å². The first-order valence-electron chi connectivity index (χ1n) is 6.77. The summed E-state index contributed by atoms with van der Waals surface area (Å²) in [7, 11) is 0. The summed E-state index contributed by atoms with van der Waals surface area (Å²) in [5, 5.41) is 0. The molecule has 1 aliphatic rings. The predicted molar refractivity (Wildman–Crippen MR) is 74.5 cm³/mol. The molecule has 3 atom stereocenters. The lowest BCUT2D eigenvalue weighted by molar-refractivity contribution is 0.631. The van der Waals surface area contributed by atoms with Crippen molar-refractivity contribution in [1.82, 2.24) is 0 Å². The quantitative estimate of drug-likeness (QED) is 0.845. The van der Waals surface area contributed by atoms with Gasteiger partial charge in [0.2, 0.25) is 0 Å². The van der Waals surface area contributed by atoms with Gasteiger partial charge in [0.15, 0.2) is 0 Å². The van der Waals surface area contributed by atoms with E-state index in [1.54, 1.807) is 0 Å². The molecular formula is C15H24N2. The van der Waals surface area contributed by atoms with Crippen molar-refractivity contribution in [2.75, 3.05) is 18.0 Å². The van der Waals surface area contributed by atoms with E-state index in [0.717, 1.165) is 13.1 Å². The number of hydrogen-bond acceptors (Lipinski definition) is 2. The van der Waals surface area contributed by atoms with E-state index in [1.165, 1.54) is 17.7 Å². The first-order valence-corrected chi connectivity index (χ1v) is 6.77. The lowest BCUT2D eigenvalue weighted by Crippen LogP contribution is -2.21. The molecule has 0 aliphatic heterocycles. The van der Waals surface area contributed by atoms with E-state index >= 15 is 0 Å². The molecule has 17 heavy (non-hydrogen) atoms. The fraction of sp³-hybridized carbons (Fsp3) is 0.600. The highest BCUT2D eigenvalue weighted by molar-refractivity contribution is 5.48. The average Bonchev–Trinajstić information content (AvgIpc) is 3.12. The largest absolute Gasteiger partial charge is 0.372 e. The molecule has 0 bridgehead atoms. The van der Waals surface area contributed by atoms with E-state index in [1.807, 2.05) is 0 Å². The fourth-order valence-electron chi connectivity index (χ4n) is 2.70. The Morgan fingerprint density at radius 2 is 1.82 bits per heavy atom. The number of nitrogens with two attached hydrogens (primary N) is 1. The van der Waals surface area contributed by atoms with Crippen molar-refractivity contribution >= 4 is 5.69 Å². The molecule has 0 unspecified atom stereocenters. The van der Waals surface area contributed by atoms with Crippen LogP contribution in [0.4, 0.5) is 5.69 Å². The van der Waals surface area contributed by atoms with E-state index in [0.29, 0.717) is 17.9 Å². The molecule has 0 saturated heterocycles. The van der Waals surface area contributed by atoms with Crippen LogP contribution in [0.2, 0.25) is 0 Å². The van der Waals surface area contributed by atoms with Crippen molar-refractivity contribution in [3.63, 3.8) is 0 Å². The van der Waals surface area contributed by atoms with E-state index in [2.05, 4.69) is 49.9 Å². The number of rotatable bonds is 5. The van der Waals surface area contributed by atoms with Crippen molar-refractivity contribution in [2.24, 2.45) is 11.7 Å². The maximum absolute atomic E-state index is 5.94. The Balaban J connectivity index is 2.04. The van der Waals surface area contributed by atoms with Gasteiger partial charge in [-0.05, 0) is 56.7 Å². The Kier molecular flexibility index (Phi) is 3.72. The summed E-state index contributed by atoms with van der Waals surface area (Å²) in [5.41, 5.74) is 8.73. The number of nitrogens with zero attached hydrogens (tertiary/aromatic N) is 1. The van der Waals surface area contributed by atoms with Gasteiger partial charge >= 0.3 is 0 Å². The summed E-state index contributed by atoms with van der Waals surface area (Å²) in [5.74, 6) is 1.41. The Morgan fingerprint density at radius 3 is 2.24 bits per heavy atom. The standard InChI is InChI=1S/C15H24N2/c1-4-17(5-2)13-8-6-12(7-9-13)15-10-14(15)11(3)16/h6-9,11,14-15H,4-5,10,16H2,1-3H3/t11-,14-,15-/m0/s1. The fourth-order valence-corrected chi connectivity index (χ4v) is 2.70. The molecule has 0 spiro atoms. The third-order valence-electron chi connectivity index (χ3n) is 3.96. The Labute approximate surface area is 105 Å². The molecule has 94 valence electrons. The minimum absolute atomic E-state index is 0.336. The van der Waals surface area contributed by atoms with Gasteiger partial charge in [-0.1, -0.05) is 12.1 Å². The summed E-state index contributed by atoms with van der Waals surface area (Å²) < 4.78 is 0. The topological polar surface area (TPSA) is 29.3 Å². The first kappa shape index (κ1) is 12.4. The maximum Gasteiger partial charge on any atom is 0.0366 e. The van der Waals surface area contributed by atoms with Crippen molar-refractivity contribution in [2.45, 2.75) is 39.2 Å². The second kappa shape index (κ2) is 5.09. The van der Waals surface area contributed by atoms with Crippen molar-refractivity contribution < 1.29 is 0 Å². The van der Waals surface area contributed by atoms with Crippen LogP contribution < -0.4 is 10.6 Å². The zero-order chi connectivity index (χ0) is 12.4. The van der Waals surface area contributed by atoms with Crippen LogP contribution >= 0.6 is 0 Å². The third-order valence-corrected chi connectivity index (χ3v) is 3.96. The highest BCUT2D eigenvalue weighted by atomic mass is 15.1. The van der Waals surface area contributed by atoms with E-state index in [4.69, 9.17) is 5.73 Å². The second-order valence-electron chi connectivity index (χ2n) is 5.13. The van der Waals surface area contributed by atoms with Gasteiger partial charge in [0, 0.05) is 24.8 Å². The summed E-state index contributed by atoms with van der Waals surface area (Å²) in [4.78, 5) is 2.37. The summed E-state index contributed by atoms with van der Waals surface area (Å²) >= 11 is 0. The molecule has 0 heterocycles. The Morgan fingerprint density at radius 1 is 1.24 bits per heavy atom. The van der Waals surface area contributed by atoms with Gasteiger partial charge in [0.25, 0.3) is 0 Å². The van der Waals surface area contributed by atoms with Crippen LogP contribution in [0, 0.1) is 5.92 Å². The Bertz CT molecular complexity index is 352. The maximum atomic E-state index is 5.94. The zero-order valence-corrected chi connectivity index (χ0v) is 11.2. The molecule has 1 saturated carbocycles. The van der Waals surface area contributed by atoms with Gasteiger partial charge in [0.05, 0.1) is 0 Å². The van der Waals surface area contributed by atoms with Gasteiger partial charge in [-0.15, -0.1) is 0 Å². The molecule has 0 amide bonds. The minimum Gasteiger partial charge on any atom is -0.372 e. The van der Waals surface area contributed by atoms with Gasteiger partial charge in [-0.25, -0.2) is 0 Å². The molecule has 1 aromatic rings. The van der Waals surface area contributed by atoms with Gasteiger partial charge in [-0.2, -0.15) is 0 Å². The number of benzene rings is 1. The second-order valence-corrected chi connectivity index (χ2v) is 5.13. The van der Waals surface area contributed by atoms with Gasteiger partial charge in [0.1, 0.15) is 0 Å². The molecule has 1 aliphatic carbocycles. The first-order chi connectivity index (χ1) is 8.17. The van der Waals surface area contributed by atoms with Crippen molar-refractivity contribution in [3.8, 4) is 0 Å². The lowest BCUT2D eigenvalue weighted by Gasteiger charge is -2.21. The minimum atomic E-state index is 0.336. The SMILES string of the molecule is CCN(CC)c1ccc([C@@H]2C[C@H]2[C@H](C)N)cc1. The van der Waals surface area contributed by atoms with Gasteiger partial charge < -0.3 is 10.6 Å². The normalized spacial score (nSPS) is 24.5. The molecule has 0 aromatic heterocycles. The molecule has 0 radical (unpaired) electrons. The van der Waals surface area contributed by atoms with Crippen LogP contribution in [0.5, 0.6) is 0 Å². The van der Waals surface area contributed by atoms with Crippen LogP contribution in [-0.4, -0.2) is 19.1 Å². The number of hydrogen-bond donors (Lipinski definition) is 1. The van der Waals surface area contributed by atoms with E-state index in [9.17, 15) is 0 Å². The monoisotopic (exact) mass is 232 g/mol. The van der Waals surface area contributed by atoms with Crippen LogP contribution in [0.1, 0.15) is 38.7 Å². The van der Waals surface area contributed by atoms with Crippen molar-refractivity contribution in [1.29, 1.82) is 0 Å². The van der Waals surface area contributed by atoms with Crippen LogP contribution in [-0.2, 0) is 0 Å². The summed E-state index contributed by atoms with van der Waals surface area (Å²) in [6, 6.07) is 9.39. The number of anilines is 1. The third kappa shape index (κ3) is 2.63. The highest BCUT2D eigenvalue weighted by Gasteiger charge is 2.40. The molecule has 2 N–H and O–H groups in total. The molecular weight excluding hydrogens is 208 g/mol. The van der Waals surface area contributed by atoms with Crippen LogP contribution in [0.3, 0.4) is 0 Å². The highest BCUT2D eigenvalue weighted by Crippen LogP contribution is 2.49. The summed E-state index contributed by atoms with van der Waals surface area (Å²) in [6.07, 6.45) is 1.27. The molecule has 2 nitrogen and oxygen atoms in total. The van der Waals surface area contributed by atoms with Gasteiger partial charge in [-0.3, -0.25) is 0 Å². The molecule has 2 rings (SSSR count). The lowest BCUT2D eigenvalue weighted by atomic mass is 10.1. The average molecular weight is 232 g/mol. The molecule has 1 aromatic carbocycles. The van der Waals surface area contributed by atoms with E-state index in [-0.39, 0.29) is 0 Å². The van der Waals surface area contributed by atoms with Crippen molar-refractivity contribution in [3.05, 3.63) is 29.8 Å². The smallest absolute Gasteiger partial charge is 0.0366 e. The molecule has 1 fully saturated rings. The zero-order valence-electron chi connectivity index (χ0n) is 11.2. The molecule has 2 heteroatoms. The summed E-state index contributed by atoms with van der Waals surface area (Å²) in [6.45, 7) is 8.66. The Hall–Kier alpha value is -1.02. The predicted octanol–water partition coefficient (Wildman–Crippen LogP) is 2.98.